The lowest BCUT2D eigenvalue weighted by Gasteiger charge is -2.11. The molecule has 0 aliphatic heterocycles. The Morgan fingerprint density at radius 1 is 1.05 bits per heavy atom. The van der Waals surface area contributed by atoms with Crippen molar-refractivity contribution in [3.05, 3.63) is 59.7 Å². The highest BCUT2D eigenvalue weighted by atomic mass is 35.5. The second-order valence-corrected chi connectivity index (χ2v) is 5.30. The SMILES string of the molecule is CC(Cl)c1nc2cc(F)ccc2n1-c1cc(F)ccc1F. The van der Waals surface area contributed by atoms with Crippen molar-refractivity contribution in [2.75, 3.05) is 0 Å². The number of hydrogen-bond acceptors (Lipinski definition) is 1. The predicted molar refractivity (Wildman–Crippen MR) is 75.2 cm³/mol. The van der Waals surface area contributed by atoms with Crippen LogP contribution in [0.4, 0.5) is 13.2 Å². The van der Waals surface area contributed by atoms with Gasteiger partial charge in [-0.2, -0.15) is 0 Å². The molecular weight excluding hydrogens is 301 g/mol. The fraction of sp³-hybridized carbons (Fsp3) is 0.133. The number of rotatable bonds is 2. The van der Waals surface area contributed by atoms with E-state index in [2.05, 4.69) is 4.98 Å². The molecule has 0 aliphatic carbocycles. The zero-order chi connectivity index (χ0) is 15.1. The molecule has 0 N–H and O–H groups in total. The normalized spacial score (nSPS) is 12.8. The van der Waals surface area contributed by atoms with E-state index in [4.69, 9.17) is 11.6 Å². The second-order valence-electron chi connectivity index (χ2n) is 4.65. The monoisotopic (exact) mass is 310 g/mol. The van der Waals surface area contributed by atoms with Crippen molar-refractivity contribution in [1.82, 2.24) is 9.55 Å². The van der Waals surface area contributed by atoms with Gasteiger partial charge < -0.3 is 0 Å². The molecule has 1 atom stereocenters. The van der Waals surface area contributed by atoms with Crippen molar-refractivity contribution in [3.8, 4) is 5.69 Å². The summed E-state index contributed by atoms with van der Waals surface area (Å²) < 4.78 is 42.2. The first kappa shape index (κ1) is 13.9. The lowest BCUT2D eigenvalue weighted by Crippen LogP contribution is -2.04. The molecule has 0 aliphatic rings. The number of nitrogens with zero attached hydrogens (tertiary/aromatic N) is 2. The van der Waals surface area contributed by atoms with Gasteiger partial charge in [0.25, 0.3) is 0 Å². The molecule has 1 heterocycles. The number of hydrogen-bond donors (Lipinski definition) is 0. The molecule has 21 heavy (non-hydrogen) atoms. The van der Waals surface area contributed by atoms with Crippen molar-refractivity contribution in [2.24, 2.45) is 0 Å². The lowest BCUT2D eigenvalue weighted by atomic mass is 10.2. The molecule has 0 bridgehead atoms. The maximum absolute atomic E-state index is 14.1. The molecule has 0 saturated carbocycles. The molecule has 6 heteroatoms. The first-order chi connectivity index (χ1) is 9.97. The quantitative estimate of drug-likeness (QED) is 0.625. The molecule has 3 rings (SSSR count). The number of halogens is 4. The second kappa shape index (κ2) is 5.07. The van der Waals surface area contributed by atoms with Crippen LogP contribution in [0, 0.1) is 17.5 Å². The molecule has 0 fully saturated rings. The molecule has 0 radical (unpaired) electrons. The third-order valence-corrected chi connectivity index (χ3v) is 3.34. The zero-order valence-electron chi connectivity index (χ0n) is 10.9. The van der Waals surface area contributed by atoms with E-state index in [-0.39, 0.29) is 5.69 Å². The summed E-state index contributed by atoms with van der Waals surface area (Å²) in [4.78, 5) is 4.22. The summed E-state index contributed by atoms with van der Waals surface area (Å²) in [5.74, 6) is -1.33. The summed E-state index contributed by atoms with van der Waals surface area (Å²) in [6.45, 7) is 1.66. The van der Waals surface area contributed by atoms with E-state index in [1.54, 1.807) is 6.92 Å². The van der Waals surface area contributed by atoms with Gasteiger partial charge in [0.1, 0.15) is 23.3 Å². The van der Waals surface area contributed by atoms with Gasteiger partial charge in [-0.25, -0.2) is 18.2 Å². The van der Waals surface area contributed by atoms with Crippen molar-refractivity contribution in [2.45, 2.75) is 12.3 Å². The summed E-state index contributed by atoms with van der Waals surface area (Å²) in [5.41, 5.74) is 0.788. The van der Waals surface area contributed by atoms with Crippen LogP contribution in [0.5, 0.6) is 0 Å². The fourth-order valence-corrected chi connectivity index (χ4v) is 2.40. The van der Waals surface area contributed by atoms with Crippen LogP contribution in [-0.4, -0.2) is 9.55 Å². The summed E-state index contributed by atoms with van der Waals surface area (Å²) in [6, 6.07) is 7.05. The summed E-state index contributed by atoms with van der Waals surface area (Å²) in [6.07, 6.45) is 0. The summed E-state index contributed by atoms with van der Waals surface area (Å²) >= 11 is 6.07. The molecule has 0 saturated heterocycles. The number of alkyl halides is 1. The van der Waals surface area contributed by atoms with E-state index >= 15 is 0 Å². The minimum atomic E-state index is -0.612. The smallest absolute Gasteiger partial charge is 0.147 e. The van der Waals surface area contributed by atoms with Crippen LogP contribution in [0.3, 0.4) is 0 Å². The van der Waals surface area contributed by atoms with Gasteiger partial charge in [0.2, 0.25) is 0 Å². The van der Waals surface area contributed by atoms with Crippen molar-refractivity contribution in [1.29, 1.82) is 0 Å². The third-order valence-electron chi connectivity index (χ3n) is 3.15. The van der Waals surface area contributed by atoms with Gasteiger partial charge in [-0.1, -0.05) is 0 Å². The number of benzene rings is 2. The van der Waals surface area contributed by atoms with Crippen molar-refractivity contribution < 1.29 is 13.2 Å². The summed E-state index contributed by atoms with van der Waals surface area (Å²) in [5, 5.41) is -0.553. The number of imidazole rings is 1. The lowest BCUT2D eigenvalue weighted by molar-refractivity contribution is 0.591. The first-order valence-corrected chi connectivity index (χ1v) is 6.68. The van der Waals surface area contributed by atoms with E-state index in [0.717, 1.165) is 18.2 Å². The number of fused-ring (bicyclic) bond motifs is 1. The average Bonchev–Trinajstić information content (AvgIpc) is 2.80. The fourth-order valence-electron chi connectivity index (χ4n) is 2.25. The Bertz CT molecular complexity index is 827. The molecule has 108 valence electrons. The molecule has 0 amide bonds. The molecule has 2 aromatic carbocycles. The van der Waals surface area contributed by atoms with Gasteiger partial charge in [0.15, 0.2) is 0 Å². The van der Waals surface area contributed by atoms with Crippen LogP contribution in [0.15, 0.2) is 36.4 Å². The van der Waals surface area contributed by atoms with Gasteiger partial charge in [-0.15, -0.1) is 11.6 Å². The topological polar surface area (TPSA) is 17.8 Å². The van der Waals surface area contributed by atoms with E-state index in [0.29, 0.717) is 16.9 Å². The molecule has 1 aromatic heterocycles. The summed E-state index contributed by atoms with van der Waals surface area (Å²) in [7, 11) is 0. The highest BCUT2D eigenvalue weighted by molar-refractivity contribution is 6.20. The Labute approximate surface area is 123 Å². The Kier molecular flexibility index (Phi) is 3.37. The average molecular weight is 311 g/mol. The van der Waals surface area contributed by atoms with Gasteiger partial charge >= 0.3 is 0 Å². The Morgan fingerprint density at radius 2 is 1.71 bits per heavy atom. The maximum atomic E-state index is 14.1. The molecule has 3 aromatic rings. The van der Waals surface area contributed by atoms with Gasteiger partial charge in [0, 0.05) is 12.1 Å². The molecule has 2 nitrogen and oxygen atoms in total. The molecule has 1 unspecified atom stereocenters. The zero-order valence-corrected chi connectivity index (χ0v) is 11.7. The van der Waals surface area contributed by atoms with Crippen LogP contribution in [0.2, 0.25) is 0 Å². The van der Waals surface area contributed by atoms with Gasteiger partial charge in [-0.05, 0) is 31.2 Å². The van der Waals surface area contributed by atoms with Crippen LogP contribution >= 0.6 is 11.6 Å². The van der Waals surface area contributed by atoms with Crippen LogP contribution in [0.25, 0.3) is 16.7 Å². The highest BCUT2D eigenvalue weighted by Crippen LogP contribution is 2.30. The Morgan fingerprint density at radius 3 is 2.43 bits per heavy atom. The van der Waals surface area contributed by atoms with E-state index in [1.807, 2.05) is 0 Å². The highest BCUT2D eigenvalue weighted by Gasteiger charge is 2.19. The van der Waals surface area contributed by atoms with Crippen molar-refractivity contribution >= 4 is 22.6 Å². The van der Waals surface area contributed by atoms with Crippen molar-refractivity contribution in [3.63, 3.8) is 0 Å². The predicted octanol–water partition coefficient (Wildman–Crippen LogP) is 4.74. The molecular formula is C15H10ClF3N2. The minimum absolute atomic E-state index is 0.00777. The minimum Gasteiger partial charge on any atom is -0.292 e. The van der Waals surface area contributed by atoms with Crippen LogP contribution < -0.4 is 0 Å². The number of aromatic nitrogens is 2. The van der Waals surface area contributed by atoms with Crippen LogP contribution in [-0.2, 0) is 0 Å². The standard InChI is InChI=1S/C15H10ClF3N2/c1-8(16)15-20-12-6-9(17)3-5-13(12)21(15)14-7-10(18)2-4-11(14)19/h2-8H,1H3. The molecule has 0 spiro atoms. The Balaban J connectivity index is 2.39. The van der Waals surface area contributed by atoms with Crippen LogP contribution in [0.1, 0.15) is 18.1 Å². The van der Waals surface area contributed by atoms with Gasteiger partial charge in [0.05, 0.1) is 22.1 Å². The maximum Gasteiger partial charge on any atom is 0.147 e. The van der Waals surface area contributed by atoms with E-state index in [9.17, 15) is 13.2 Å². The third kappa shape index (κ3) is 2.38. The van der Waals surface area contributed by atoms with E-state index in [1.165, 1.54) is 22.8 Å². The first-order valence-electron chi connectivity index (χ1n) is 6.25. The largest absolute Gasteiger partial charge is 0.292 e. The van der Waals surface area contributed by atoms with Gasteiger partial charge in [-0.3, -0.25) is 4.57 Å². The van der Waals surface area contributed by atoms with E-state index < -0.39 is 22.8 Å². The Hall–Kier alpha value is -2.01.